The molecule has 0 unspecified atom stereocenters. The van der Waals surface area contributed by atoms with Gasteiger partial charge in [-0.15, -0.1) is 11.3 Å². The largest absolute Gasteiger partial charge is 0.300 e. The van der Waals surface area contributed by atoms with Crippen molar-refractivity contribution in [3.8, 4) is 10.7 Å². The van der Waals surface area contributed by atoms with Gasteiger partial charge in [-0.05, 0) is 32.3 Å². The zero-order valence-electron chi connectivity index (χ0n) is 9.98. The highest BCUT2D eigenvalue weighted by atomic mass is 32.2. The van der Waals surface area contributed by atoms with Crippen molar-refractivity contribution < 1.29 is 0 Å². The Kier molecular flexibility index (Phi) is 4.01. The van der Waals surface area contributed by atoms with E-state index in [4.69, 9.17) is 12.2 Å². The van der Waals surface area contributed by atoms with Crippen LogP contribution < -0.4 is 0 Å². The summed E-state index contributed by atoms with van der Waals surface area (Å²) in [6.45, 7) is 4.90. The predicted molar refractivity (Wildman–Crippen MR) is 76.1 cm³/mol. The van der Waals surface area contributed by atoms with Crippen molar-refractivity contribution in [2.45, 2.75) is 26.1 Å². The van der Waals surface area contributed by atoms with Crippen LogP contribution in [0.3, 0.4) is 0 Å². The van der Waals surface area contributed by atoms with Crippen LogP contribution in [0.25, 0.3) is 10.7 Å². The van der Waals surface area contributed by atoms with Crippen LogP contribution in [0.1, 0.15) is 17.6 Å². The first kappa shape index (κ1) is 12.8. The number of nitrogens with zero attached hydrogens (tertiary/aromatic N) is 3. The van der Waals surface area contributed by atoms with E-state index in [9.17, 15) is 0 Å². The average molecular weight is 286 g/mol. The normalized spacial score (nSPS) is 11.0. The van der Waals surface area contributed by atoms with Gasteiger partial charge in [0.2, 0.25) is 0 Å². The van der Waals surface area contributed by atoms with E-state index in [1.807, 2.05) is 11.5 Å². The number of nitrogens with one attached hydrogen (secondary N) is 1. The lowest BCUT2D eigenvalue weighted by Gasteiger charge is -2.00. The number of hydrogen-bond donors (Lipinski definition) is 1. The molecular weight excluding hydrogens is 272 g/mol. The summed E-state index contributed by atoms with van der Waals surface area (Å²) >= 11 is 8.68. The Labute approximate surface area is 113 Å². The van der Waals surface area contributed by atoms with Gasteiger partial charge in [-0.2, -0.15) is 16.9 Å². The van der Waals surface area contributed by atoms with Gasteiger partial charge in [0.1, 0.15) is 5.01 Å². The molecule has 1 N–H and O–H groups in total. The van der Waals surface area contributed by atoms with E-state index in [0.717, 1.165) is 33.7 Å². The molecule has 17 heavy (non-hydrogen) atoms. The Hall–Kier alpha value is -0.660. The van der Waals surface area contributed by atoms with Crippen LogP contribution in [0, 0.1) is 11.7 Å². The minimum Gasteiger partial charge on any atom is -0.300 e. The highest BCUT2D eigenvalue weighted by Crippen LogP contribution is 2.30. The van der Waals surface area contributed by atoms with E-state index in [1.54, 1.807) is 23.1 Å². The molecule has 0 saturated carbocycles. The molecule has 0 aliphatic rings. The van der Waals surface area contributed by atoms with Crippen LogP contribution >= 0.6 is 35.3 Å². The third-order valence-corrected chi connectivity index (χ3v) is 4.60. The molecule has 0 spiro atoms. The monoisotopic (exact) mass is 286 g/mol. The SMILES string of the molecule is CCn1c(-c2sc(CSC)nc2C)n[nH]c1=S. The molecule has 0 aliphatic heterocycles. The number of thioether (sulfide) groups is 1. The van der Waals surface area contributed by atoms with Crippen LogP contribution in [0.5, 0.6) is 0 Å². The first-order chi connectivity index (χ1) is 8.17. The maximum atomic E-state index is 5.20. The van der Waals surface area contributed by atoms with Crippen molar-refractivity contribution in [2.75, 3.05) is 6.26 Å². The fraction of sp³-hybridized carbons (Fsp3) is 0.500. The van der Waals surface area contributed by atoms with E-state index >= 15 is 0 Å². The predicted octanol–water partition coefficient (Wildman–Crippen LogP) is 3.26. The first-order valence-corrected chi connectivity index (χ1v) is 7.90. The zero-order chi connectivity index (χ0) is 12.4. The summed E-state index contributed by atoms with van der Waals surface area (Å²) in [5, 5.41) is 8.29. The molecule has 0 fully saturated rings. The van der Waals surface area contributed by atoms with Gasteiger partial charge < -0.3 is 0 Å². The van der Waals surface area contributed by atoms with E-state index in [1.165, 1.54) is 0 Å². The molecule has 2 aromatic rings. The third kappa shape index (κ3) is 2.46. The number of aryl methyl sites for hydroxylation is 1. The van der Waals surface area contributed by atoms with Crippen molar-refractivity contribution in [3.63, 3.8) is 0 Å². The Morgan fingerprint density at radius 1 is 1.53 bits per heavy atom. The van der Waals surface area contributed by atoms with Crippen LogP contribution in [-0.4, -0.2) is 26.0 Å². The van der Waals surface area contributed by atoms with Gasteiger partial charge in [-0.25, -0.2) is 4.98 Å². The number of thiazole rings is 1. The lowest BCUT2D eigenvalue weighted by atomic mass is 10.4. The summed E-state index contributed by atoms with van der Waals surface area (Å²) in [6, 6.07) is 0. The maximum absolute atomic E-state index is 5.20. The van der Waals surface area contributed by atoms with Crippen molar-refractivity contribution in [1.82, 2.24) is 19.7 Å². The lowest BCUT2D eigenvalue weighted by molar-refractivity contribution is 0.756. The highest BCUT2D eigenvalue weighted by Gasteiger charge is 2.15. The van der Waals surface area contributed by atoms with Gasteiger partial charge in [-0.1, -0.05) is 0 Å². The maximum Gasteiger partial charge on any atom is 0.195 e. The van der Waals surface area contributed by atoms with Crippen molar-refractivity contribution in [1.29, 1.82) is 0 Å². The lowest BCUT2D eigenvalue weighted by Crippen LogP contribution is -1.97. The molecule has 7 heteroatoms. The van der Waals surface area contributed by atoms with Crippen LogP contribution in [0.15, 0.2) is 0 Å². The molecule has 2 aromatic heterocycles. The summed E-state index contributed by atoms with van der Waals surface area (Å²) in [4.78, 5) is 5.67. The Morgan fingerprint density at radius 3 is 2.94 bits per heavy atom. The van der Waals surface area contributed by atoms with Crippen LogP contribution in [0.4, 0.5) is 0 Å². The molecule has 92 valence electrons. The van der Waals surface area contributed by atoms with E-state index in [-0.39, 0.29) is 0 Å². The summed E-state index contributed by atoms with van der Waals surface area (Å²) in [6.07, 6.45) is 2.08. The van der Waals surface area contributed by atoms with E-state index < -0.39 is 0 Å². The minimum atomic E-state index is 0.668. The zero-order valence-corrected chi connectivity index (χ0v) is 12.4. The quantitative estimate of drug-likeness (QED) is 0.876. The molecule has 0 saturated heterocycles. The summed E-state index contributed by atoms with van der Waals surface area (Å²) < 4.78 is 2.67. The minimum absolute atomic E-state index is 0.668. The summed E-state index contributed by atoms with van der Waals surface area (Å²) in [7, 11) is 0. The van der Waals surface area contributed by atoms with Gasteiger partial charge in [-0.3, -0.25) is 9.67 Å². The summed E-state index contributed by atoms with van der Waals surface area (Å²) in [5.74, 6) is 1.85. The third-order valence-electron chi connectivity index (χ3n) is 2.39. The number of aromatic amines is 1. The second kappa shape index (κ2) is 5.32. The fourth-order valence-electron chi connectivity index (χ4n) is 1.63. The molecule has 0 aliphatic carbocycles. The molecular formula is C10H14N4S3. The van der Waals surface area contributed by atoms with Gasteiger partial charge in [0.15, 0.2) is 10.6 Å². The van der Waals surface area contributed by atoms with Crippen molar-refractivity contribution >= 4 is 35.3 Å². The Morgan fingerprint density at radius 2 is 2.29 bits per heavy atom. The fourth-order valence-corrected chi connectivity index (χ4v) is 3.65. The molecule has 4 nitrogen and oxygen atoms in total. The van der Waals surface area contributed by atoms with Crippen molar-refractivity contribution in [2.24, 2.45) is 0 Å². The van der Waals surface area contributed by atoms with Gasteiger partial charge >= 0.3 is 0 Å². The van der Waals surface area contributed by atoms with E-state index in [0.29, 0.717) is 4.77 Å². The smallest absolute Gasteiger partial charge is 0.195 e. The van der Waals surface area contributed by atoms with Gasteiger partial charge in [0, 0.05) is 12.3 Å². The summed E-state index contributed by atoms with van der Waals surface area (Å²) in [5.41, 5.74) is 1.03. The van der Waals surface area contributed by atoms with E-state index in [2.05, 4.69) is 28.4 Å². The molecule has 0 bridgehead atoms. The van der Waals surface area contributed by atoms with Crippen LogP contribution in [0.2, 0.25) is 0 Å². The van der Waals surface area contributed by atoms with Gasteiger partial charge in [0.25, 0.3) is 0 Å². The molecule has 0 atom stereocenters. The highest BCUT2D eigenvalue weighted by molar-refractivity contribution is 7.97. The molecule has 0 radical (unpaired) electrons. The number of hydrogen-bond acceptors (Lipinski definition) is 5. The number of aromatic nitrogens is 4. The first-order valence-electron chi connectivity index (χ1n) is 5.28. The molecule has 0 amide bonds. The molecule has 2 heterocycles. The topological polar surface area (TPSA) is 46.5 Å². The number of H-pyrrole nitrogens is 1. The Bertz CT molecular complexity index is 566. The second-order valence-corrected chi connectivity index (χ2v) is 5.89. The standard InChI is InChI=1S/C10H14N4S3/c1-4-14-9(12-13-10(14)15)8-6(2)11-7(17-8)5-16-3/h4-5H2,1-3H3,(H,13,15). The van der Waals surface area contributed by atoms with Crippen molar-refractivity contribution in [3.05, 3.63) is 15.5 Å². The number of rotatable bonds is 4. The average Bonchev–Trinajstić information content (AvgIpc) is 2.82. The van der Waals surface area contributed by atoms with Gasteiger partial charge in [0.05, 0.1) is 10.6 Å². The Balaban J connectivity index is 2.48. The molecule has 0 aromatic carbocycles. The second-order valence-electron chi connectivity index (χ2n) is 3.55. The van der Waals surface area contributed by atoms with Crippen LogP contribution in [-0.2, 0) is 12.3 Å². The molecule has 2 rings (SSSR count).